The molecule has 1 aromatic carbocycles. The molecule has 0 aliphatic carbocycles. The van der Waals surface area contributed by atoms with E-state index in [1.807, 2.05) is 4.57 Å². The lowest BCUT2D eigenvalue weighted by atomic mass is 10.1. The van der Waals surface area contributed by atoms with Crippen molar-refractivity contribution in [1.29, 1.82) is 0 Å². The Morgan fingerprint density at radius 1 is 1.50 bits per heavy atom. The van der Waals surface area contributed by atoms with Gasteiger partial charge in [0.2, 0.25) is 0 Å². The molecule has 0 spiro atoms. The lowest BCUT2D eigenvalue weighted by Crippen LogP contribution is -2.31. The second-order valence-electron chi connectivity index (χ2n) is 5.97. The first-order valence-corrected chi connectivity index (χ1v) is 8.08. The molecule has 0 radical (unpaired) electrons. The largest absolute Gasteiger partial charge is 0.392 e. The van der Waals surface area contributed by atoms with Crippen molar-refractivity contribution < 1.29 is 14.3 Å². The number of hydrogen-bond acceptors (Lipinski definition) is 4. The maximum Gasteiger partial charge on any atom is 0.271 e. The summed E-state index contributed by atoms with van der Waals surface area (Å²) in [7, 11) is 0. The fourth-order valence-corrected chi connectivity index (χ4v) is 2.84. The van der Waals surface area contributed by atoms with Crippen LogP contribution in [0.3, 0.4) is 0 Å². The number of hydrogen-bond donors (Lipinski definition) is 3. The van der Waals surface area contributed by atoms with Crippen LogP contribution in [0.2, 0.25) is 0 Å². The first-order valence-electron chi connectivity index (χ1n) is 8.08. The number of benzene rings is 1. The Bertz CT molecular complexity index is 710. The number of aromatic nitrogens is 2. The third-order valence-electron chi connectivity index (χ3n) is 4.27. The van der Waals surface area contributed by atoms with E-state index >= 15 is 0 Å². The normalized spacial score (nSPS) is 17.7. The van der Waals surface area contributed by atoms with Crippen molar-refractivity contribution in [2.45, 2.75) is 32.0 Å². The van der Waals surface area contributed by atoms with Gasteiger partial charge in [-0.05, 0) is 31.0 Å². The van der Waals surface area contributed by atoms with Gasteiger partial charge in [0.15, 0.2) is 0 Å². The summed E-state index contributed by atoms with van der Waals surface area (Å²) in [6.45, 7) is 1.78. The highest BCUT2D eigenvalue weighted by Crippen LogP contribution is 2.16. The van der Waals surface area contributed by atoms with Crippen LogP contribution in [0.1, 0.15) is 40.5 Å². The van der Waals surface area contributed by atoms with E-state index in [0.717, 1.165) is 25.9 Å². The first-order chi connectivity index (χ1) is 11.7. The number of nitrogens with zero attached hydrogens (tertiary/aromatic N) is 2. The number of imidazole rings is 1. The molecule has 24 heavy (non-hydrogen) atoms. The zero-order valence-corrected chi connectivity index (χ0v) is 13.3. The van der Waals surface area contributed by atoms with E-state index in [4.69, 9.17) is 5.11 Å². The maximum atomic E-state index is 13.6. The summed E-state index contributed by atoms with van der Waals surface area (Å²) in [5.74, 6) is -0.762. The molecule has 7 heteroatoms. The van der Waals surface area contributed by atoms with Gasteiger partial charge in [-0.2, -0.15) is 0 Å². The average molecular weight is 332 g/mol. The maximum absolute atomic E-state index is 13.6. The summed E-state index contributed by atoms with van der Waals surface area (Å²) in [6, 6.07) is 4.84. The Morgan fingerprint density at radius 3 is 3.08 bits per heavy atom. The molecule has 1 fully saturated rings. The van der Waals surface area contributed by atoms with Gasteiger partial charge in [-0.15, -0.1) is 0 Å². The number of aliphatic hydroxyl groups excluding tert-OH is 1. The molecule has 6 nitrogen and oxygen atoms in total. The number of rotatable bonds is 5. The zero-order chi connectivity index (χ0) is 16.9. The van der Waals surface area contributed by atoms with Gasteiger partial charge in [0, 0.05) is 30.9 Å². The number of halogens is 1. The van der Waals surface area contributed by atoms with E-state index in [-0.39, 0.29) is 24.6 Å². The molecule has 1 atom stereocenters. The molecule has 1 aliphatic rings. The van der Waals surface area contributed by atoms with Crippen LogP contribution in [0.15, 0.2) is 30.7 Å². The molecule has 1 unspecified atom stereocenters. The molecule has 0 bridgehead atoms. The van der Waals surface area contributed by atoms with Crippen LogP contribution >= 0.6 is 0 Å². The SMILES string of the molecule is O=C(NCc1ccc(CO)c(F)c1)c1cn(C2CCCNC2)cn1. The van der Waals surface area contributed by atoms with Crippen molar-refractivity contribution in [2.24, 2.45) is 0 Å². The minimum atomic E-state index is -0.474. The molecular formula is C17H21FN4O2. The Balaban J connectivity index is 1.59. The summed E-state index contributed by atoms with van der Waals surface area (Å²) in [5.41, 5.74) is 1.23. The van der Waals surface area contributed by atoms with Gasteiger partial charge in [0.1, 0.15) is 11.5 Å². The van der Waals surface area contributed by atoms with Crippen molar-refractivity contribution in [1.82, 2.24) is 20.2 Å². The van der Waals surface area contributed by atoms with Gasteiger partial charge in [-0.3, -0.25) is 4.79 Å². The predicted molar refractivity (Wildman–Crippen MR) is 86.9 cm³/mol. The fourth-order valence-electron chi connectivity index (χ4n) is 2.84. The predicted octanol–water partition coefficient (Wildman–Crippen LogP) is 1.37. The van der Waals surface area contributed by atoms with E-state index in [2.05, 4.69) is 15.6 Å². The Labute approximate surface area is 139 Å². The molecule has 3 N–H and O–H groups in total. The Morgan fingerprint density at radius 2 is 2.38 bits per heavy atom. The van der Waals surface area contributed by atoms with Gasteiger partial charge >= 0.3 is 0 Å². The van der Waals surface area contributed by atoms with E-state index in [0.29, 0.717) is 17.3 Å². The van der Waals surface area contributed by atoms with Gasteiger partial charge in [0.25, 0.3) is 5.91 Å². The van der Waals surface area contributed by atoms with Crippen molar-refractivity contribution in [3.8, 4) is 0 Å². The van der Waals surface area contributed by atoms with E-state index < -0.39 is 5.82 Å². The van der Waals surface area contributed by atoms with Crippen LogP contribution in [-0.4, -0.2) is 33.7 Å². The molecule has 0 saturated carbocycles. The zero-order valence-electron chi connectivity index (χ0n) is 13.3. The van der Waals surface area contributed by atoms with E-state index in [1.165, 1.54) is 12.1 Å². The molecule has 128 valence electrons. The molecule has 1 aromatic heterocycles. The number of piperidine rings is 1. The van der Waals surface area contributed by atoms with Crippen LogP contribution in [0, 0.1) is 5.82 Å². The Kier molecular flexibility index (Phi) is 5.22. The summed E-state index contributed by atoms with van der Waals surface area (Å²) < 4.78 is 15.6. The van der Waals surface area contributed by atoms with E-state index in [1.54, 1.807) is 18.6 Å². The highest BCUT2D eigenvalue weighted by atomic mass is 19.1. The van der Waals surface area contributed by atoms with Gasteiger partial charge in [-0.1, -0.05) is 12.1 Å². The van der Waals surface area contributed by atoms with Gasteiger partial charge in [0.05, 0.1) is 12.9 Å². The molecule has 3 rings (SSSR count). The average Bonchev–Trinajstić information content (AvgIpc) is 3.11. The number of amides is 1. The number of carbonyl (C=O) groups is 1. The highest BCUT2D eigenvalue weighted by Gasteiger charge is 2.17. The third-order valence-corrected chi connectivity index (χ3v) is 4.27. The van der Waals surface area contributed by atoms with Crippen LogP contribution in [-0.2, 0) is 13.2 Å². The smallest absolute Gasteiger partial charge is 0.271 e. The topological polar surface area (TPSA) is 79.2 Å². The van der Waals surface area contributed by atoms with Crippen LogP contribution in [0.5, 0.6) is 0 Å². The summed E-state index contributed by atoms with van der Waals surface area (Å²) in [5, 5.41) is 15.0. The quantitative estimate of drug-likeness (QED) is 0.773. The number of nitrogens with one attached hydrogen (secondary N) is 2. The minimum Gasteiger partial charge on any atom is -0.392 e. The standard InChI is InChI=1S/C17H21FN4O2/c18-15-6-12(3-4-13(15)10-23)7-20-17(24)16-9-22(11-21-16)14-2-1-5-19-8-14/h3-4,6,9,11,14,19,23H,1-2,5,7-8,10H2,(H,20,24). The van der Waals surface area contributed by atoms with Gasteiger partial charge < -0.3 is 20.3 Å². The summed E-state index contributed by atoms with van der Waals surface area (Å²) in [4.78, 5) is 16.4. The Hall–Kier alpha value is -2.25. The van der Waals surface area contributed by atoms with Crippen molar-refractivity contribution in [3.63, 3.8) is 0 Å². The second kappa shape index (κ2) is 7.55. The van der Waals surface area contributed by atoms with E-state index in [9.17, 15) is 9.18 Å². The molecule has 2 heterocycles. The molecule has 1 amide bonds. The minimum absolute atomic E-state index is 0.208. The highest BCUT2D eigenvalue weighted by molar-refractivity contribution is 5.91. The van der Waals surface area contributed by atoms with Crippen molar-refractivity contribution in [3.05, 3.63) is 53.4 Å². The molecular weight excluding hydrogens is 311 g/mol. The number of carbonyl (C=O) groups excluding carboxylic acids is 1. The first kappa shape index (κ1) is 16.6. The van der Waals surface area contributed by atoms with Crippen molar-refractivity contribution >= 4 is 5.91 Å². The third kappa shape index (κ3) is 3.80. The van der Waals surface area contributed by atoms with Crippen molar-refractivity contribution in [2.75, 3.05) is 13.1 Å². The lowest BCUT2D eigenvalue weighted by molar-refractivity contribution is 0.0946. The van der Waals surface area contributed by atoms with Crippen LogP contribution in [0.4, 0.5) is 4.39 Å². The number of aliphatic hydroxyl groups is 1. The summed E-state index contributed by atoms with van der Waals surface area (Å²) >= 11 is 0. The van der Waals surface area contributed by atoms with Crippen LogP contribution in [0.25, 0.3) is 0 Å². The second-order valence-corrected chi connectivity index (χ2v) is 5.97. The molecule has 1 saturated heterocycles. The fraction of sp³-hybridized carbons (Fsp3) is 0.412. The van der Waals surface area contributed by atoms with Gasteiger partial charge in [-0.25, -0.2) is 9.37 Å². The van der Waals surface area contributed by atoms with Crippen LogP contribution < -0.4 is 10.6 Å². The monoisotopic (exact) mass is 332 g/mol. The summed E-state index contributed by atoms with van der Waals surface area (Å²) in [6.07, 6.45) is 5.62. The molecule has 1 aliphatic heterocycles. The lowest BCUT2D eigenvalue weighted by Gasteiger charge is -2.23. The molecule has 2 aromatic rings.